The fourth-order valence-corrected chi connectivity index (χ4v) is 1.77. The van der Waals surface area contributed by atoms with Crippen molar-refractivity contribution in [1.29, 1.82) is 0 Å². The van der Waals surface area contributed by atoms with Gasteiger partial charge in [-0.05, 0) is 40.5 Å². The van der Waals surface area contributed by atoms with E-state index < -0.39 is 0 Å². The molecule has 1 aliphatic heterocycles. The normalized spacial score (nSPS) is 27.5. The number of rotatable bonds is 2. The first-order valence-corrected chi connectivity index (χ1v) is 4.88. The van der Waals surface area contributed by atoms with Gasteiger partial charge in [-0.15, -0.1) is 0 Å². The second kappa shape index (κ2) is 3.75. The Morgan fingerprint density at radius 2 is 2.08 bits per heavy atom. The summed E-state index contributed by atoms with van der Waals surface area (Å²) in [6.07, 6.45) is 2.87. The number of nitrogens with one attached hydrogen (secondary N) is 1. The van der Waals surface area contributed by atoms with E-state index in [0.29, 0.717) is 12.1 Å². The maximum absolute atomic E-state index is 5.60. The highest BCUT2D eigenvalue weighted by atomic mass is 16.5. The summed E-state index contributed by atoms with van der Waals surface area (Å²) < 4.78 is 5.60. The minimum absolute atomic E-state index is 0.200. The van der Waals surface area contributed by atoms with Crippen LogP contribution in [0.3, 0.4) is 0 Å². The molecule has 1 rings (SSSR count). The molecule has 1 heterocycles. The summed E-state index contributed by atoms with van der Waals surface area (Å²) >= 11 is 0. The molecule has 0 amide bonds. The Kier molecular flexibility index (Phi) is 3.13. The van der Waals surface area contributed by atoms with E-state index in [1.54, 1.807) is 0 Å². The van der Waals surface area contributed by atoms with Gasteiger partial charge in [0.05, 0.1) is 6.10 Å². The maximum atomic E-state index is 5.60. The van der Waals surface area contributed by atoms with Gasteiger partial charge in [-0.3, -0.25) is 0 Å². The average molecular weight is 171 g/mol. The Hall–Kier alpha value is -0.0800. The third-order valence-electron chi connectivity index (χ3n) is 2.18. The van der Waals surface area contributed by atoms with E-state index in [1.807, 2.05) is 0 Å². The fraction of sp³-hybridized carbons (Fsp3) is 1.00. The first-order chi connectivity index (χ1) is 5.49. The molecule has 0 aliphatic carbocycles. The highest BCUT2D eigenvalue weighted by Crippen LogP contribution is 2.17. The van der Waals surface area contributed by atoms with E-state index in [9.17, 15) is 0 Å². The van der Waals surface area contributed by atoms with Crippen LogP contribution in [0.1, 0.15) is 40.5 Å². The van der Waals surface area contributed by atoms with Crippen molar-refractivity contribution in [3.63, 3.8) is 0 Å². The molecule has 0 aromatic carbocycles. The van der Waals surface area contributed by atoms with Gasteiger partial charge < -0.3 is 10.1 Å². The molecule has 12 heavy (non-hydrogen) atoms. The van der Waals surface area contributed by atoms with Gasteiger partial charge in [0.25, 0.3) is 0 Å². The van der Waals surface area contributed by atoms with Crippen LogP contribution in [0.2, 0.25) is 0 Å². The lowest BCUT2D eigenvalue weighted by molar-refractivity contribution is 0.0752. The third-order valence-corrected chi connectivity index (χ3v) is 2.18. The van der Waals surface area contributed by atoms with Crippen molar-refractivity contribution in [1.82, 2.24) is 5.32 Å². The molecule has 0 aromatic rings. The zero-order valence-corrected chi connectivity index (χ0v) is 8.68. The quantitative estimate of drug-likeness (QED) is 0.685. The Morgan fingerprint density at radius 3 is 2.50 bits per heavy atom. The molecule has 1 fully saturated rings. The van der Waals surface area contributed by atoms with Crippen molar-refractivity contribution in [2.24, 2.45) is 0 Å². The summed E-state index contributed by atoms with van der Waals surface area (Å²) in [6.45, 7) is 9.73. The number of hydrogen-bond acceptors (Lipinski definition) is 2. The lowest BCUT2D eigenvalue weighted by Gasteiger charge is -2.29. The fourth-order valence-electron chi connectivity index (χ4n) is 1.77. The number of hydrogen-bond donors (Lipinski definition) is 1. The maximum Gasteiger partial charge on any atom is 0.0726 e. The summed E-state index contributed by atoms with van der Waals surface area (Å²) in [6, 6.07) is 0.479. The smallest absolute Gasteiger partial charge is 0.0726 e. The first kappa shape index (κ1) is 10.0. The monoisotopic (exact) mass is 171 g/mol. The van der Waals surface area contributed by atoms with Gasteiger partial charge in [0, 0.05) is 18.2 Å². The van der Waals surface area contributed by atoms with Crippen molar-refractivity contribution >= 4 is 0 Å². The molecule has 2 heteroatoms. The molecule has 0 radical (unpaired) electrons. The van der Waals surface area contributed by atoms with Crippen LogP contribution < -0.4 is 5.32 Å². The predicted octanol–water partition coefficient (Wildman–Crippen LogP) is 1.94. The predicted molar refractivity (Wildman–Crippen MR) is 51.3 cm³/mol. The Bertz CT molecular complexity index is 133. The minimum atomic E-state index is 0.200. The molecule has 2 nitrogen and oxygen atoms in total. The van der Waals surface area contributed by atoms with Gasteiger partial charge >= 0.3 is 0 Å². The van der Waals surface area contributed by atoms with Crippen LogP contribution in [0.15, 0.2) is 0 Å². The molecular weight excluding hydrogens is 150 g/mol. The first-order valence-electron chi connectivity index (χ1n) is 4.88. The third kappa shape index (κ3) is 3.11. The van der Waals surface area contributed by atoms with Gasteiger partial charge in [0.2, 0.25) is 0 Å². The van der Waals surface area contributed by atoms with Crippen LogP contribution in [0.25, 0.3) is 0 Å². The van der Waals surface area contributed by atoms with E-state index in [0.717, 1.165) is 6.61 Å². The summed E-state index contributed by atoms with van der Waals surface area (Å²) in [5.74, 6) is 0. The topological polar surface area (TPSA) is 21.3 Å². The Labute approximate surface area is 75.7 Å². The summed E-state index contributed by atoms with van der Waals surface area (Å²) in [5, 5.41) is 3.54. The van der Waals surface area contributed by atoms with Gasteiger partial charge in [-0.1, -0.05) is 0 Å². The van der Waals surface area contributed by atoms with Crippen LogP contribution in [0.5, 0.6) is 0 Å². The van der Waals surface area contributed by atoms with Crippen LogP contribution in [0.4, 0.5) is 0 Å². The molecule has 2 atom stereocenters. The zero-order valence-electron chi connectivity index (χ0n) is 8.68. The molecule has 0 saturated carbocycles. The highest BCUT2D eigenvalue weighted by Gasteiger charge is 2.25. The number of ether oxygens (including phenoxy) is 1. The largest absolute Gasteiger partial charge is 0.377 e. The van der Waals surface area contributed by atoms with Crippen molar-refractivity contribution in [3.05, 3.63) is 0 Å². The standard InChI is InChI=1S/C10H21NO/c1-8(11-10(2,3)4)9-6-5-7-12-9/h8-9,11H,5-7H2,1-4H3. The van der Waals surface area contributed by atoms with Gasteiger partial charge in [-0.25, -0.2) is 0 Å². The van der Waals surface area contributed by atoms with E-state index >= 15 is 0 Å². The van der Waals surface area contributed by atoms with Crippen LogP contribution in [0, 0.1) is 0 Å². The second-order valence-corrected chi connectivity index (χ2v) is 4.73. The van der Waals surface area contributed by atoms with Gasteiger partial charge in [0.1, 0.15) is 0 Å². The van der Waals surface area contributed by atoms with E-state index in [4.69, 9.17) is 4.74 Å². The average Bonchev–Trinajstić information content (AvgIpc) is 2.32. The molecule has 0 aromatic heterocycles. The molecule has 0 spiro atoms. The molecule has 2 unspecified atom stereocenters. The van der Waals surface area contributed by atoms with Crippen molar-refractivity contribution in [2.75, 3.05) is 6.61 Å². The molecule has 0 bridgehead atoms. The van der Waals surface area contributed by atoms with Crippen molar-refractivity contribution < 1.29 is 4.74 Å². The molecular formula is C10H21NO. The van der Waals surface area contributed by atoms with Crippen LogP contribution >= 0.6 is 0 Å². The van der Waals surface area contributed by atoms with E-state index in [1.165, 1.54) is 12.8 Å². The molecule has 1 saturated heterocycles. The summed E-state index contributed by atoms with van der Waals surface area (Å²) in [4.78, 5) is 0. The summed E-state index contributed by atoms with van der Waals surface area (Å²) in [5.41, 5.74) is 0.200. The SMILES string of the molecule is CC(NC(C)(C)C)C1CCCO1. The van der Waals surface area contributed by atoms with Gasteiger partial charge in [0.15, 0.2) is 0 Å². The molecule has 1 aliphatic rings. The minimum Gasteiger partial charge on any atom is -0.377 e. The zero-order chi connectivity index (χ0) is 9.19. The lowest BCUT2D eigenvalue weighted by Crippen LogP contribution is -2.47. The van der Waals surface area contributed by atoms with E-state index in [2.05, 4.69) is 33.0 Å². The molecule has 1 N–H and O–H groups in total. The summed E-state index contributed by atoms with van der Waals surface area (Å²) in [7, 11) is 0. The molecule has 72 valence electrons. The van der Waals surface area contributed by atoms with Crippen LogP contribution in [-0.4, -0.2) is 24.3 Å². The second-order valence-electron chi connectivity index (χ2n) is 4.73. The van der Waals surface area contributed by atoms with Crippen molar-refractivity contribution in [2.45, 2.75) is 58.2 Å². The van der Waals surface area contributed by atoms with Crippen LogP contribution in [-0.2, 0) is 4.74 Å². The Balaban J connectivity index is 2.31. The highest BCUT2D eigenvalue weighted by molar-refractivity contribution is 4.82. The van der Waals surface area contributed by atoms with Crippen molar-refractivity contribution in [3.8, 4) is 0 Å². The van der Waals surface area contributed by atoms with Gasteiger partial charge in [-0.2, -0.15) is 0 Å². The Morgan fingerprint density at radius 1 is 1.42 bits per heavy atom. The van der Waals surface area contributed by atoms with E-state index in [-0.39, 0.29) is 5.54 Å². The lowest BCUT2D eigenvalue weighted by atomic mass is 10.0.